The minimum Gasteiger partial charge on any atom is -0.412 e. The summed E-state index contributed by atoms with van der Waals surface area (Å²) < 4.78 is 0. The number of hydrogen-bond acceptors (Lipinski definition) is 2. The summed E-state index contributed by atoms with van der Waals surface area (Å²) in [4.78, 5) is 13.2. The van der Waals surface area contributed by atoms with E-state index in [4.69, 9.17) is 0 Å². The Kier molecular flexibility index (Phi) is 13.6. The van der Waals surface area contributed by atoms with Crippen molar-refractivity contribution in [2.24, 2.45) is 0 Å². The molecule has 4 aromatic rings. The molecule has 0 aliphatic heterocycles. The van der Waals surface area contributed by atoms with E-state index in [1.54, 1.807) is 0 Å². The first-order chi connectivity index (χ1) is 17.3. The van der Waals surface area contributed by atoms with Crippen LogP contribution in [-0.2, 0) is 24.2 Å². The first kappa shape index (κ1) is 28.8. The van der Waals surface area contributed by atoms with Gasteiger partial charge in [0.1, 0.15) is 0 Å². The van der Waals surface area contributed by atoms with Gasteiger partial charge in [-0.3, -0.25) is 4.79 Å². The number of carbonyl (C=O) groups is 1. The number of amides is 1. The number of benzene rings is 4. The molecule has 0 atom stereocenters. The number of rotatable bonds is 12. The minimum absolute atomic E-state index is 0. The van der Waals surface area contributed by atoms with Gasteiger partial charge < -0.3 is 15.7 Å². The van der Waals surface area contributed by atoms with Crippen LogP contribution in [0.2, 0.25) is 0 Å². The first-order valence-corrected chi connectivity index (χ1v) is 12.7. The Morgan fingerprint density at radius 3 is 2.00 bits per heavy atom. The van der Waals surface area contributed by atoms with Crippen molar-refractivity contribution >= 4 is 17.2 Å². The topological polar surface area (TPSA) is 63.8 Å². The second-order valence-electron chi connectivity index (χ2n) is 8.82. The van der Waals surface area contributed by atoms with Gasteiger partial charge in [0.25, 0.3) is 0 Å². The summed E-state index contributed by atoms with van der Waals surface area (Å²) in [5, 5.41) is 5.87. The average molecular weight is 485 g/mol. The quantitative estimate of drug-likeness (QED) is 0.203. The Bertz CT molecular complexity index is 1120. The summed E-state index contributed by atoms with van der Waals surface area (Å²) in [5.41, 5.74) is 3.97. The molecule has 1 amide bonds. The molecule has 4 rings (SSSR count). The fraction of sp³-hybridized carbons (Fsp3) is 0.281. The van der Waals surface area contributed by atoms with Crippen LogP contribution < -0.4 is 5.32 Å². The summed E-state index contributed by atoms with van der Waals surface area (Å²) in [6.07, 6.45) is 5.09. The number of aryl methyl sites for hydroxylation is 1. The van der Waals surface area contributed by atoms with Crippen LogP contribution in [0.25, 0.3) is 10.8 Å². The Morgan fingerprint density at radius 1 is 0.694 bits per heavy atom. The second-order valence-corrected chi connectivity index (χ2v) is 8.82. The van der Waals surface area contributed by atoms with Gasteiger partial charge in [0, 0.05) is 19.6 Å². The molecule has 0 saturated carbocycles. The third kappa shape index (κ3) is 10.4. The summed E-state index contributed by atoms with van der Waals surface area (Å²) in [6, 6.07) is 35.8. The van der Waals surface area contributed by atoms with Crippen LogP contribution in [0.4, 0.5) is 0 Å². The van der Waals surface area contributed by atoms with Crippen LogP contribution >= 0.6 is 0 Å². The number of nitrogens with one attached hydrogen (secondary N) is 1. The molecule has 0 heterocycles. The van der Waals surface area contributed by atoms with Crippen molar-refractivity contribution in [3.05, 3.63) is 120 Å². The lowest BCUT2D eigenvalue weighted by atomic mass is 10.0. The van der Waals surface area contributed by atoms with Crippen molar-refractivity contribution < 1.29 is 10.3 Å². The third-order valence-corrected chi connectivity index (χ3v) is 6.00. The summed E-state index contributed by atoms with van der Waals surface area (Å²) in [7, 11) is 0. The van der Waals surface area contributed by atoms with Crippen molar-refractivity contribution in [3.63, 3.8) is 0 Å². The monoisotopic (exact) mass is 484 g/mol. The molecule has 0 unspecified atom stereocenters. The predicted molar refractivity (Wildman–Crippen MR) is 152 cm³/mol. The molecule has 4 heteroatoms. The number of hydrogen-bond donors (Lipinski definition) is 1. The molecular formula is C32H40N2O2. The molecule has 3 N–H and O–H groups in total. The molecule has 36 heavy (non-hydrogen) atoms. The van der Waals surface area contributed by atoms with Gasteiger partial charge in [-0.15, -0.1) is 0 Å². The van der Waals surface area contributed by atoms with Crippen LogP contribution in [0, 0.1) is 0 Å². The molecule has 4 nitrogen and oxygen atoms in total. The smallest absolute Gasteiger partial charge is 0.209 e. The largest absolute Gasteiger partial charge is 0.412 e. The number of nitrogens with zero attached hydrogens (tertiary/aromatic N) is 1. The van der Waals surface area contributed by atoms with Crippen molar-refractivity contribution in [3.8, 4) is 0 Å². The molecule has 0 saturated heterocycles. The lowest BCUT2D eigenvalue weighted by Crippen LogP contribution is -2.26. The standard InChI is InChI=1S/C22H23NO.C10H15N.H2O/c24-18-23(15-6-9-19-7-2-1-3-8-19)16-14-20-12-13-21-10-4-5-11-22(21)17-20;1-2-8-11-9-10-6-4-3-5-7-10;/h1-5,7-8,10-13,17-18H,6,9,14-16H2;3-7,11H,2,8-9H2,1H3;1H2. The highest BCUT2D eigenvalue weighted by Gasteiger charge is 2.04. The van der Waals surface area contributed by atoms with Crippen LogP contribution in [0.5, 0.6) is 0 Å². The Morgan fingerprint density at radius 2 is 1.33 bits per heavy atom. The average Bonchev–Trinajstić information content (AvgIpc) is 2.92. The highest BCUT2D eigenvalue weighted by Crippen LogP contribution is 2.16. The van der Waals surface area contributed by atoms with E-state index in [9.17, 15) is 4.79 Å². The summed E-state index contributed by atoms with van der Waals surface area (Å²) in [5.74, 6) is 0. The van der Waals surface area contributed by atoms with Crippen LogP contribution in [0.3, 0.4) is 0 Å². The highest BCUT2D eigenvalue weighted by molar-refractivity contribution is 5.83. The van der Waals surface area contributed by atoms with E-state index in [-0.39, 0.29) is 5.48 Å². The van der Waals surface area contributed by atoms with Gasteiger partial charge in [0.05, 0.1) is 0 Å². The number of fused-ring (bicyclic) bond motifs is 1. The molecule has 0 fully saturated rings. The van der Waals surface area contributed by atoms with E-state index in [0.717, 1.165) is 51.9 Å². The zero-order chi connectivity index (χ0) is 24.6. The predicted octanol–water partition coefficient (Wildman–Crippen LogP) is 5.84. The maximum atomic E-state index is 11.3. The lowest BCUT2D eigenvalue weighted by molar-refractivity contribution is -0.118. The Balaban J connectivity index is 0.000000321. The first-order valence-electron chi connectivity index (χ1n) is 12.7. The van der Waals surface area contributed by atoms with Gasteiger partial charge in [-0.25, -0.2) is 0 Å². The maximum absolute atomic E-state index is 11.3. The molecular weight excluding hydrogens is 444 g/mol. The molecule has 0 aliphatic rings. The molecule has 0 bridgehead atoms. The van der Waals surface area contributed by atoms with Crippen LogP contribution in [0.1, 0.15) is 36.5 Å². The molecule has 190 valence electrons. The summed E-state index contributed by atoms with van der Waals surface area (Å²) >= 11 is 0. The Labute approximate surface area is 216 Å². The van der Waals surface area contributed by atoms with Crippen molar-refractivity contribution in [2.45, 2.75) is 39.2 Å². The van der Waals surface area contributed by atoms with Gasteiger partial charge in [-0.2, -0.15) is 0 Å². The Hall–Kier alpha value is -3.47. The van der Waals surface area contributed by atoms with E-state index in [1.807, 2.05) is 17.0 Å². The zero-order valence-electron chi connectivity index (χ0n) is 21.4. The minimum atomic E-state index is 0. The number of carbonyl (C=O) groups excluding carboxylic acids is 1. The van der Waals surface area contributed by atoms with Crippen molar-refractivity contribution in [1.82, 2.24) is 10.2 Å². The van der Waals surface area contributed by atoms with Gasteiger partial charge in [-0.05, 0) is 59.7 Å². The van der Waals surface area contributed by atoms with Crippen LogP contribution in [-0.4, -0.2) is 36.4 Å². The zero-order valence-corrected chi connectivity index (χ0v) is 21.4. The maximum Gasteiger partial charge on any atom is 0.209 e. The van der Waals surface area contributed by atoms with Gasteiger partial charge >= 0.3 is 0 Å². The second kappa shape index (κ2) is 17.0. The fourth-order valence-corrected chi connectivity index (χ4v) is 4.02. The molecule has 4 aromatic carbocycles. The van der Waals surface area contributed by atoms with E-state index in [1.165, 1.54) is 33.9 Å². The normalized spacial score (nSPS) is 10.1. The van der Waals surface area contributed by atoms with E-state index < -0.39 is 0 Å². The van der Waals surface area contributed by atoms with E-state index >= 15 is 0 Å². The van der Waals surface area contributed by atoms with Gasteiger partial charge in [-0.1, -0.05) is 110 Å². The molecule has 0 spiro atoms. The van der Waals surface area contributed by atoms with Crippen molar-refractivity contribution in [1.29, 1.82) is 0 Å². The summed E-state index contributed by atoms with van der Waals surface area (Å²) in [6.45, 7) is 5.87. The van der Waals surface area contributed by atoms with Crippen molar-refractivity contribution in [2.75, 3.05) is 19.6 Å². The fourth-order valence-electron chi connectivity index (χ4n) is 4.02. The molecule has 0 aromatic heterocycles. The van der Waals surface area contributed by atoms with Gasteiger partial charge in [0.2, 0.25) is 6.41 Å². The third-order valence-electron chi connectivity index (χ3n) is 6.00. The highest BCUT2D eigenvalue weighted by atomic mass is 16.1. The van der Waals surface area contributed by atoms with Crippen LogP contribution in [0.15, 0.2) is 103 Å². The molecule has 0 radical (unpaired) electrons. The lowest BCUT2D eigenvalue weighted by Gasteiger charge is -2.17. The van der Waals surface area contributed by atoms with Gasteiger partial charge in [0.15, 0.2) is 0 Å². The van der Waals surface area contributed by atoms with E-state index in [0.29, 0.717) is 0 Å². The SMILES string of the molecule is CCCNCc1ccccc1.O.O=CN(CCCc1ccccc1)CCc1ccc2ccccc2c1. The van der Waals surface area contributed by atoms with E-state index in [2.05, 4.69) is 103 Å². The molecule has 0 aliphatic carbocycles.